The van der Waals surface area contributed by atoms with Gasteiger partial charge in [0.05, 0.1) is 18.4 Å². The Morgan fingerprint density at radius 3 is 2.71 bits per heavy atom. The fourth-order valence-corrected chi connectivity index (χ4v) is 2.76. The molecular weight excluding hydrogens is 290 g/mol. The number of hydrogen-bond donors (Lipinski definition) is 1. The van der Waals surface area contributed by atoms with E-state index in [0.717, 1.165) is 17.3 Å². The van der Waals surface area contributed by atoms with E-state index in [4.69, 9.17) is 9.84 Å². The molecule has 0 saturated heterocycles. The third-order valence-corrected chi connectivity index (χ3v) is 3.80. The predicted octanol–water partition coefficient (Wildman–Crippen LogP) is 2.33. The van der Waals surface area contributed by atoms with Crippen LogP contribution in [0, 0.1) is 0 Å². The maximum absolute atomic E-state index is 10.8. The third kappa shape index (κ3) is 3.83. The Balaban J connectivity index is 2.38. The Hall–Kier alpha value is -1.86. The summed E-state index contributed by atoms with van der Waals surface area (Å²) in [5.41, 5.74) is 0.940. The zero-order valence-electron chi connectivity index (χ0n) is 11.9. The molecule has 0 radical (unpaired) electrons. The van der Waals surface area contributed by atoms with Crippen molar-refractivity contribution in [1.82, 2.24) is 14.8 Å². The summed E-state index contributed by atoms with van der Waals surface area (Å²) in [6.45, 7) is 2.49. The van der Waals surface area contributed by atoms with Gasteiger partial charge in [0.15, 0.2) is 11.0 Å². The van der Waals surface area contributed by atoms with Gasteiger partial charge in [-0.25, -0.2) is 0 Å². The van der Waals surface area contributed by atoms with Crippen LogP contribution in [0.25, 0.3) is 11.4 Å². The van der Waals surface area contributed by atoms with E-state index in [9.17, 15) is 4.79 Å². The number of carboxylic acid groups (broad SMARTS) is 1. The summed E-state index contributed by atoms with van der Waals surface area (Å²) in [5, 5.41) is 17.7. The maximum Gasteiger partial charge on any atom is 0.313 e. The quantitative estimate of drug-likeness (QED) is 0.791. The number of carbonyl (C=O) groups is 1. The minimum Gasteiger partial charge on any atom is -0.481 e. The highest BCUT2D eigenvalue weighted by molar-refractivity contribution is 7.99. The van der Waals surface area contributed by atoms with Crippen molar-refractivity contribution in [2.45, 2.75) is 18.1 Å². The van der Waals surface area contributed by atoms with Crippen LogP contribution in [0.2, 0.25) is 0 Å². The van der Waals surface area contributed by atoms with Crippen LogP contribution in [-0.4, -0.2) is 45.3 Å². The first-order chi connectivity index (χ1) is 10.1. The second-order valence-electron chi connectivity index (χ2n) is 4.53. The summed E-state index contributed by atoms with van der Waals surface area (Å²) >= 11 is 1.16. The summed E-state index contributed by atoms with van der Waals surface area (Å²) < 4.78 is 7.12. The number of nitrogens with zero attached hydrogens (tertiary/aromatic N) is 3. The van der Waals surface area contributed by atoms with Crippen LogP contribution in [-0.2, 0) is 9.53 Å². The van der Waals surface area contributed by atoms with Crippen molar-refractivity contribution in [2.75, 3.05) is 19.5 Å². The predicted molar refractivity (Wildman–Crippen MR) is 80.4 cm³/mol. The molecule has 0 unspecified atom stereocenters. The number of ether oxygens (including phenoxy) is 1. The minimum absolute atomic E-state index is 0.0106. The summed E-state index contributed by atoms with van der Waals surface area (Å²) in [4.78, 5) is 10.8. The molecule has 2 rings (SSSR count). The largest absolute Gasteiger partial charge is 0.481 e. The van der Waals surface area contributed by atoms with Crippen LogP contribution in [0.5, 0.6) is 0 Å². The van der Waals surface area contributed by atoms with Crippen molar-refractivity contribution in [3.05, 3.63) is 30.3 Å². The van der Waals surface area contributed by atoms with Crippen LogP contribution in [0.3, 0.4) is 0 Å². The molecule has 0 spiro atoms. The summed E-state index contributed by atoms with van der Waals surface area (Å²) in [5.74, 6) is -0.213. The molecule has 1 aromatic carbocycles. The lowest BCUT2D eigenvalue weighted by Crippen LogP contribution is -2.14. The number of aliphatic carboxylic acids is 1. The average molecular weight is 307 g/mol. The van der Waals surface area contributed by atoms with Crippen LogP contribution < -0.4 is 0 Å². The molecule has 0 fully saturated rings. The molecule has 0 bridgehead atoms. The molecule has 21 heavy (non-hydrogen) atoms. The van der Waals surface area contributed by atoms with Crippen molar-refractivity contribution in [3.63, 3.8) is 0 Å². The number of thioether (sulfide) groups is 1. The number of aromatic nitrogens is 3. The lowest BCUT2D eigenvalue weighted by atomic mass is 10.2. The van der Waals surface area contributed by atoms with Gasteiger partial charge in [0.25, 0.3) is 0 Å². The van der Waals surface area contributed by atoms with Crippen LogP contribution in [0.4, 0.5) is 0 Å². The zero-order valence-corrected chi connectivity index (χ0v) is 12.7. The molecule has 1 aromatic heterocycles. The van der Waals surface area contributed by atoms with Gasteiger partial charge in [0, 0.05) is 12.7 Å². The topological polar surface area (TPSA) is 77.2 Å². The molecule has 7 heteroatoms. The SMILES string of the molecule is COC[C@@H](C)n1c(SCC(=O)O)nnc1-c1ccccc1. The van der Waals surface area contributed by atoms with Crippen molar-refractivity contribution < 1.29 is 14.6 Å². The Labute approximate surface area is 127 Å². The zero-order chi connectivity index (χ0) is 15.2. The highest BCUT2D eigenvalue weighted by Crippen LogP contribution is 2.27. The van der Waals surface area contributed by atoms with Gasteiger partial charge < -0.3 is 9.84 Å². The van der Waals surface area contributed by atoms with E-state index in [-0.39, 0.29) is 11.8 Å². The fraction of sp³-hybridized carbons (Fsp3) is 0.357. The molecule has 0 aliphatic carbocycles. The molecule has 0 aliphatic heterocycles. The molecule has 6 nitrogen and oxygen atoms in total. The van der Waals surface area contributed by atoms with E-state index in [0.29, 0.717) is 17.6 Å². The molecule has 0 aliphatic rings. The molecule has 112 valence electrons. The van der Waals surface area contributed by atoms with Gasteiger partial charge in [0.2, 0.25) is 0 Å². The highest BCUT2D eigenvalue weighted by Gasteiger charge is 2.19. The van der Waals surface area contributed by atoms with Crippen molar-refractivity contribution >= 4 is 17.7 Å². The van der Waals surface area contributed by atoms with Crippen molar-refractivity contribution in [2.24, 2.45) is 0 Å². The second-order valence-corrected chi connectivity index (χ2v) is 5.47. The van der Waals surface area contributed by atoms with E-state index in [1.807, 2.05) is 41.8 Å². The van der Waals surface area contributed by atoms with Crippen LogP contribution in [0.15, 0.2) is 35.5 Å². The van der Waals surface area contributed by atoms with Crippen LogP contribution in [0.1, 0.15) is 13.0 Å². The standard InChI is InChI=1S/C14H17N3O3S/c1-10(8-20-2)17-13(11-6-4-3-5-7-11)15-16-14(17)21-9-12(18)19/h3-7,10H,8-9H2,1-2H3,(H,18,19)/t10-/m1/s1. The Bertz CT molecular complexity index is 601. The molecule has 1 heterocycles. The first-order valence-electron chi connectivity index (χ1n) is 6.47. The number of benzene rings is 1. The summed E-state index contributed by atoms with van der Waals surface area (Å²) in [6, 6.07) is 9.70. The third-order valence-electron chi connectivity index (χ3n) is 2.87. The van der Waals surface area contributed by atoms with Gasteiger partial charge in [-0.05, 0) is 6.92 Å². The molecule has 1 N–H and O–H groups in total. The molecule has 0 saturated carbocycles. The fourth-order valence-electron chi connectivity index (χ4n) is 2.00. The van der Waals surface area contributed by atoms with Crippen LogP contribution >= 0.6 is 11.8 Å². The molecule has 0 amide bonds. The lowest BCUT2D eigenvalue weighted by Gasteiger charge is -2.17. The average Bonchev–Trinajstić information content (AvgIpc) is 2.90. The van der Waals surface area contributed by atoms with Gasteiger partial charge in [-0.3, -0.25) is 9.36 Å². The minimum atomic E-state index is -0.879. The Kier molecular flexibility index (Phi) is 5.35. The molecule has 2 aromatic rings. The van der Waals surface area contributed by atoms with E-state index >= 15 is 0 Å². The molecular formula is C14H17N3O3S. The number of rotatable bonds is 7. The van der Waals surface area contributed by atoms with Gasteiger partial charge >= 0.3 is 5.97 Å². The monoisotopic (exact) mass is 307 g/mol. The smallest absolute Gasteiger partial charge is 0.313 e. The molecule has 1 atom stereocenters. The Morgan fingerprint density at radius 2 is 2.10 bits per heavy atom. The van der Waals surface area contributed by atoms with Gasteiger partial charge in [-0.15, -0.1) is 10.2 Å². The Morgan fingerprint density at radius 1 is 1.38 bits per heavy atom. The number of carboxylic acids is 1. The summed E-state index contributed by atoms with van der Waals surface area (Å²) in [6.07, 6.45) is 0. The van der Waals surface area contributed by atoms with Gasteiger partial charge in [-0.1, -0.05) is 42.1 Å². The van der Waals surface area contributed by atoms with E-state index < -0.39 is 5.97 Å². The van der Waals surface area contributed by atoms with E-state index in [1.54, 1.807) is 7.11 Å². The number of hydrogen-bond acceptors (Lipinski definition) is 5. The lowest BCUT2D eigenvalue weighted by molar-refractivity contribution is -0.133. The second kappa shape index (κ2) is 7.24. The maximum atomic E-state index is 10.8. The first-order valence-corrected chi connectivity index (χ1v) is 7.46. The normalized spacial score (nSPS) is 12.3. The van der Waals surface area contributed by atoms with E-state index in [2.05, 4.69) is 10.2 Å². The van der Waals surface area contributed by atoms with Crippen molar-refractivity contribution in [1.29, 1.82) is 0 Å². The van der Waals surface area contributed by atoms with Gasteiger partial charge in [-0.2, -0.15) is 0 Å². The van der Waals surface area contributed by atoms with Crippen molar-refractivity contribution in [3.8, 4) is 11.4 Å². The van der Waals surface area contributed by atoms with Gasteiger partial charge in [0.1, 0.15) is 0 Å². The highest BCUT2D eigenvalue weighted by atomic mass is 32.2. The summed E-state index contributed by atoms with van der Waals surface area (Å²) in [7, 11) is 1.63. The van der Waals surface area contributed by atoms with E-state index in [1.165, 1.54) is 0 Å². The number of methoxy groups -OCH3 is 1. The first kappa shape index (κ1) is 15.5.